The second kappa shape index (κ2) is 8.24. The summed E-state index contributed by atoms with van der Waals surface area (Å²) in [7, 11) is 3.04. The molecule has 0 saturated heterocycles. The zero-order chi connectivity index (χ0) is 19.3. The van der Waals surface area contributed by atoms with Crippen LogP contribution < -0.4 is 4.90 Å². The van der Waals surface area contributed by atoms with Crippen LogP contribution >= 0.6 is 0 Å². The minimum absolute atomic E-state index is 0.0329. The number of nitrogens with zero attached hydrogens (tertiary/aromatic N) is 3. The van der Waals surface area contributed by atoms with Crippen LogP contribution in [0, 0.1) is 10.1 Å². The lowest BCUT2D eigenvalue weighted by Crippen LogP contribution is -2.14. The Hall–Kier alpha value is -3.22. The number of pyridine rings is 1. The molecule has 1 aromatic carbocycles. The molecular formula is C19H21N3O4. The zero-order valence-electron chi connectivity index (χ0n) is 15.2. The Morgan fingerprint density at radius 2 is 2.08 bits per heavy atom. The number of benzene rings is 1. The van der Waals surface area contributed by atoms with Gasteiger partial charge < -0.3 is 9.64 Å². The number of ether oxygens (including phenoxy) is 1. The Balaban J connectivity index is 2.51. The maximum Gasteiger partial charge on any atom is 0.356 e. The van der Waals surface area contributed by atoms with Gasteiger partial charge in [0, 0.05) is 18.0 Å². The summed E-state index contributed by atoms with van der Waals surface area (Å²) in [6, 6.07) is 8.74. The Bertz CT molecular complexity index is 903. The Morgan fingerprint density at radius 3 is 2.69 bits per heavy atom. The van der Waals surface area contributed by atoms with Crippen molar-refractivity contribution >= 4 is 22.6 Å². The van der Waals surface area contributed by atoms with Crippen LogP contribution in [0.15, 0.2) is 53.9 Å². The van der Waals surface area contributed by atoms with Crippen LogP contribution in [0.3, 0.4) is 0 Å². The highest BCUT2D eigenvalue weighted by molar-refractivity contribution is 5.96. The molecule has 1 aromatic heterocycles. The molecule has 136 valence electrons. The summed E-state index contributed by atoms with van der Waals surface area (Å²) in [5.41, 5.74) is 2.20. The van der Waals surface area contributed by atoms with E-state index in [1.807, 2.05) is 19.1 Å². The lowest BCUT2D eigenvalue weighted by atomic mass is 10.1. The molecule has 7 heteroatoms. The quantitative estimate of drug-likeness (QED) is 0.338. The molecule has 0 radical (unpaired) electrons. The first-order chi connectivity index (χ1) is 12.4. The first-order valence-electron chi connectivity index (χ1n) is 8.13. The predicted molar refractivity (Wildman–Crippen MR) is 101 cm³/mol. The van der Waals surface area contributed by atoms with Crippen molar-refractivity contribution in [2.75, 3.05) is 19.1 Å². The van der Waals surface area contributed by atoms with Crippen LogP contribution in [0.1, 0.15) is 30.8 Å². The van der Waals surface area contributed by atoms with Crippen LogP contribution in [-0.4, -0.2) is 30.0 Å². The molecule has 0 fully saturated rings. The van der Waals surface area contributed by atoms with Gasteiger partial charge in [-0.15, -0.1) is 0 Å². The maximum absolute atomic E-state index is 11.6. The first-order valence-corrected chi connectivity index (χ1v) is 8.13. The second-order valence-electron chi connectivity index (χ2n) is 5.71. The molecule has 2 aromatic rings. The third kappa shape index (κ3) is 4.05. The van der Waals surface area contributed by atoms with Crippen molar-refractivity contribution in [2.24, 2.45) is 0 Å². The van der Waals surface area contributed by atoms with E-state index in [2.05, 4.69) is 9.72 Å². The molecule has 26 heavy (non-hydrogen) atoms. The van der Waals surface area contributed by atoms with Gasteiger partial charge in [0.05, 0.1) is 29.4 Å². The van der Waals surface area contributed by atoms with E-state index >= 15 is 0 Å². The fourth-order valence-corrected chi connectivity index (χ4v) is 2.62. The highest BCUT2D eigenvalue weighted by Crippen LogP contribution is 2.27. The highest BCUT2D eigenvalue weighted by atomic mass is 16.6. The molecule has 0 unspecified atom stereocenters. The van der Waals surface area contributed by atoms with Crippen LogP contribution in [0.5, 0.6) is 0 Å². The molecule has 0 atom stereocenters. The average Bonchev–Trinajstić information content (AvgIpc) is 2.64. The van der Waals surface area contributed by atoms with Crippen molar-refractivity contribution in [2.45, 2.75) is 20.3 Å². The van der Waals surface area contributed by atoms with Crippen LogP contribution in [0.25, 0.3) is 10.9 Å². The molecule has 0 aliphatic rings. The normalized spacial score (nSPS) is 12.2. The van der Waals surface area contributed by atoms with Crippen LogP contribution in [-0.2, 0) is 4.74 Å². The number of allylic oxidation sites excluding steroid dienone is 2. The number of esters is 1. The van der Waals surface area contributed by atoms with Gasteiger partial charge >= 0.3 is 5.97 Å². The van der Waals surface area contributed by atoms with Gasteiger partial charge in [-0.3, -0.25) is 10.1 Å². The van der Waals surface area contributed by atoms with E-state index in [0.29, 0.717) is 11.1 Å². The number of anilines is 1. The SMILES string of the molecule is CC/C=C(C)/C(=C\N(C)c1cccc2nc(C(=O)OC)ccc12)[N+](=O)[O-]. The summed E-state index contributed by atoms with van der Waals surface area (Å²) in [6.45, 7) is 3.65. The number of fused-ring (bicyclic) bond motifs is 1. The monoisotopic (exact) mass is 355 g/mol. The van der Waals surface area contributed by atoms with Gasteiger partial charge in [0.2, 0.25) is 0 Å². The molecule has 0 aliphatic carbocycles. The lowest BCUT2D eigenvalue weighted by molar-refractivity contribution is -0.421. The summed E-state index contributed by atoms with van der Waals surface area (Å²) < 4.78 is 4.69. The van der Waals surface area contributed by atoms with E-state index in [1.165, 1.54) is 13.3 Å². The molecule has 1 heterocycles. The minimum atomic E-state index is -0.512. The van der Waals surface area contributed by atoms with Gasteiger partial charge in [0.1, 0.15) is 5.69 Å². The molecule has 0 saturated carbocycles. The van der Waals surface area contributed by atoms with E-state index in [-0.39, 0.29) is 11.4 Å². The van der Waals surface area contributed by atoms with Gasteiger partial charge in [-0.25, -0.2) is 9.78 Å². The van der Waals surface area contributed by atoms with Crippen molar-refractivity contribution < 1.29 is 14.5 Å². The first kappa shape index (κ1) is 19.1. The fourth-order valence-electron chi connectivity index (χ4n) is 2.62. The number of nitro groups is 1. The summed E-state index contributed by atoms with van der Waals surface area (Å²) in [6.07, 6.45) is 4.02. The van der Waals surface area contributed by atoms with E-state index in [0.717, 1.165) is 17.5 Å². The third-order valence-electron chi connectivity index (χ3n) is 3.91. The van der Waals surface area contributed by atoms with Gasteiger partial charge in [-0.1, -0.05) is 19.1 Å². The number of hydrogen-bond donors (Lipinski definition) is 0. The molecule has 0 aliphatic heterocycles. The fraction of sp³-hybridized carbons (Fsp3) is 0.263. The standard InChI is InChI=1S/C19H21N3O4/c1-5-7-13(2)18(22(24)25)12-21(3)17-9-6-8-15-14(17)10-11-16(20-15)19(23)26-4/h6-12H,5H2,1-4H3/b13-7+,18-12+. The molecule has 0 bridgehead atoms. The molecule has 0 amide bonds. The number of rotatable bonds is 6. The summed E-state index contributed by atoms with van der Waals surface area (Å²) in [4.78, 5) is 28.6. The van der Waals surface area contributed by atoms with Gasteiger partial charge in [-0.05, 0) is 37.6 Å². The maximum atomic E-state index is 11.6. The summed E-state index contributed by atoms with van der Waals surface area (Å²) in [5, 5.41) is 12.2. The second-order valence-corrected chi connectivity index (χ2v) is 5.71. The number of hydrogen-bond acceptors (Lipinski definition) is 6. The Kier molecular flexibility index (Phi) is 6.06. The number of methoxy groups -OCH3 is 1. The lowest BCUT2D eigenvalue weighted by Gasteiger charge is -2.17. The number of carbonyl (C=O) groups is 1. The Morgan fingerprint density at radius 1 is 1.35 bits per heavy atom. The molecule has 0 N–H and O–H groups in total. The largest absolute Gasteiger partial charge is 0.464 e. The van der Waals surface area contributed by atoms with Crippen molar-refractivity contribution in [3.8, 4) is 0 Å². The predicted octanol–water partition coefficient (Wildman–Crippen LogP) is 3.93. The van der Waals surface area contributed by atoms with Crippen molar-refractivity contribution in [1.29, 1.82) is 0 Å². The van der Waals surface area contributed by atoms with E-state index in [9.17, 15) is 14.9 Å². The Labute approximate surface area is 151 Å². The van der Waals surface area contributed by atoms with E-state index < -0.39 is 10.9 Å². The summed E-state index contributed by atoms with van der Waals surface area (Å²) in [5.74, 6) is -0.512. The topological polar surface area (TPSA) is 85.6 Å². The molecule has 7 nitrogen and oxygen atoms in total. The average molecular weight is 355 g/mol. The van der Waals surface area contributed by atoms with Gasteiger partial charge in [0.15, 0.2) is 0 Å². The number of aromatic nitrogens is 1. The van der Waals surface area contributed by atoms with Crippen LogP contribution in [0.2, 0.25) is 0 Å². The summed E-state index contributed by atoms with van der Waals surface area (Å²) >= 11 is 0. The molecular weight excluding hydrogens is 334 g/mol. The molecule has 2 rings (SSSR count). The smallest absolute Gasteiger partial charge is 0.356 e. The zero-order valence-corrected chi connectivity index (χ0v) is 15.2. The van der Waals surface area contributed by atoms with Crippen molar-refractivity contribution in [1.82, 2.24) is 4.98 Å². The van der Waals surface area contributed by atoms with Crippen molar-refractivity contribution in [3.05, 3.63) is 69.7 Å². The third-order valence-corrected chi connectivity index (χ3v) is 3.91. The van der Waals surface area contributed by atoms with Crippen molar-refractivity contribution in [3.63, 3.8) is 0 Å². The van der Waals surface area contributed by atoms with E-state index in [1.54, 1.807) is 43.1 Å². The number of carbonyl (C=O) groups excluding carboxylic acids is 1. The van der Waals surface area contributed by atoms with Gasteiger partial charge in [0.25, 0.3) is 5.70 Å². The molecule has 0 spiro atoms. The van der Waals surface area contributed by atoms with Crippen LogP contribution in [0.4, 0.5) is 5.69 Å². The highest BCUT2D eigenvalue weighted by Gasteiger charge is 2.16. The minimum Gasteiger partial charge on any atom is -0.464 e. The van der Waals surface area contributed by atoms with Gasteiger partial charge in [-0.2, -0.15) is 0 Å². The van der Waals surface area contributed by atoms with E-state index in [4.69, 9.17) is 0 Å².